The Labute approximate surface area is 98.3 Å². The molecule has 0 aliphatic carbocycles. The van der Waals surface area contributed by atoms with E-state index in [4.69, 9.17) is 9.84 Å². The van der Waals surface area contributed by atoms with Gasteiger partial charge in [-0.15, -0.1) is 0 Å². The number of aliphatic hydroxyl groups is 1. The molecule has 92 valence electrons. The van der Waals surface area contributed by atoms with Crippen LogP contribution < -0.4 is 5.32 Å². The number of nitrogens with zero attached hydrogens (tertiary/aromatic N) is 1. The molecule has 2 amide bonds. The zero-order valence-electron chi connectivity index (χ0n) is 9.14. The van der Waals surface area contributed by atoms with Crippen molar-refractivity contribution in [3.63, 3.8) is 0 Å². The van der Waals surface area contributed by atoms with E-state index < -0.39 is 6.04 Å². The van der Waals surface area contributed by atoms with Crippen LogP contribution in [0.4, 0.5) is 4.79 Å². The Morgan fingerprint density at radius 1 is 1.69 bits per heavy atom. The SMILES string of the molecule is COCCN(CCO)C(=O)C1CSC(=O)N1. The zero-order chi connectivity index (χ0) is 12.0. The van der Waals surface area contributed by atoms with E-state index >= 15 is 0 Å². The van der Waals surface area contributed by atoms with Gasteiger partial charge in [0.15, 0.2) is 0 Å². The highest BCUT2D eigenvalue weighted by atomic mass is 32.2. The summed E-state index contributed by atoms with van der Waals surface area (Å²) in [5, 5.41) is 11.3. The number of methoxy groups -OCH3 is 1. The smallest absolute Gasteiger partial charge is 0.279 e. The van der Waals surface area contributed by atoms with Gasteiger partial charge in [-0.25, -0.2) is 0 Å². The first-order valence-corrected chi connectivity index (χ1v) is 5.99. The third-order valence-corrected chi connectivity index (χ3v) is 3.10. The average Bonchev–Trinajstić information content (AvgIpc) is 2.70. The Morgan fingerprint density at radius 2 is 2.44 bits per heavy atom. The molecule has 1 aliphatic heterocycles. The molecule has 1 saturated heterocycles. The molecule has 16 heavy (non-hydrogen) atoms. The summed E-state index contributed by atoms with van der Waals surface area (Å²) in [6.07, 6.45) is 0. The van der Waals surface area contributed by atoms with E-state index in [2.05, 4.69) is 5.32 Å². The summed E-state index contributed by atoms with van der Waals surface area (Å²) < 4.78 is 4.88. The first-order chi connectivity index (χ1) is 7.69. The Balaban J connectivity index is 2.48. The second kappa shape index (κ2) is 6.72. The monoisotopic (exact) mass is 248 g/mol. The van der Waals surface area contributed by atoms with Gasteiger partial charge in [-0.2, -0.15) is 0 Å². The van der Waals surface area contributed by atoms with Crippen LogP contribution >= 0.6 is 11.8 Å². The molecule has 1 heterocycles. The third kappa shape index (κ3) is 3.66. The molecule has 1 unspecified atom stereocenters. The summed E-state index contributed by atoms with van der Waals surface area (Å²) in [6.45, 7) is 1.01. The van der Waals surface area contributed by atoms with Crippen LogP contribution in [0.5, 0.6) is 0 Å². The van der Waals surface area contributed by atoms with Crippen molar-refractivity contribution >= 4 is 22.9 Å². The third-order valence-electron chi connectivity index (χ3n) is 2.22. The lowest BCUT2D eigenvalue weighted by Crippen LogP contribution is -2.47. The highest BCUT2D eigenvalue weighted by molar-refractivity contribution is 8.14. The molecule has 1 aliphatic rings. The van der Waals surface area contributed by atoms with Crippen molar-refractivity contribution in [2.45, 2.75) is 6.04 Å². The molecule has 0 saturated carbocycles. The van der Waals surface area contributed by atoms with E-state index in [0.717, 1.165) is 11.8 Å². The minimum absolute atomic E-state index is 0.0940. The second-order valence-electron chi connectivity index (χ2n) is 3.34. The Morgan fingerprint density at radius 3 is 2.94 bits per heavy atom. The van der Waals surface area contributed by atoms with E-state index in [1.54, 1.807) is 7.11 Å². The van der Waals surface area contributed by atoms with Gasteiger partial charge in [0, 0.05) is 26.0 Å². The van der Waals surface area contributed by atoms with Gasteiger partial charge >= 0.3 is 0 Å². The zero-order valence-corrected chi connectivity index (χ0v) is 9.96. The minimum atomic E-state index is -0.471. The number of hydrogen-bond donors (Lipinski definition) is 2. The molecule has 0 aromatic heterocycles. The summed E-state index contributed by atoms with van der Waals surface area (Å²) in [7, 11) is 1.55. The highest BCUT2D eigenvalue weighted by Gasteiger charge is 2.31. The number of carbonyl (C=O) groups excluding carboxylic acids is 2. The molecular formula is C9H16N2O4S. The molecule has 1 atom stereocenters. The number of aliphatic hydroxyl groups excluding tert-OH is 1. The predicted molar refractivity (Wildman–Crippen MR) is 60.3 cm³/mol. The van der Waals surface area contributed by atoms with E-state index in [-0.39, 0.29) is 24.3 Å². The molecule has 1 rings (SSSR count). The average molecular weight is 248 g/mol. The van der Waals surface area contributed by atoms with Crippen molar-refractivity contribution in [3.05, 3.63) is 0 Å². The molecule has 0 radical (unpaired) electrons. The Bertz CT molecular complexity index is 262. The lowest BCUT2D eigenvalue weighted by atomic mass is 10.3. The lowest BCUT2D eigenvalue weighted by molar-refractivity contribution is -0.133. The van der Waals surface area contributed by atoms with Gasteiger partial charge in [-0.1, -0.05) is 11.8 Å². The number of hydrogen-bond acceptors (Lipinski definition) is 5. The number of amides is 2. The van der Waals surface area contributed by atoms with Crippen LogP contribution in [-0.2, 0) is 9.53 Å². The predicted octanol–water partition coefficient (Wildman–Crippen LogP) is -0.721. The van der Waals surface area contributed by atoms with Gasteiger partial charge in [0.25, 0.3) is 5.24 Å². The van der Waals surface area contributed by atoms with Crippen LogP contribution in [0.15, 0.2) is 0 Å². The maximum Gasteiger partial charge on any atom is 0.279 e. The molecule has 6 nitrogen and oxygen atoms in total. The van der Waals surface area contributed by atoms with Crippen molar-refractivity contribution in [3.8, 4) is 0 Å². The summed E-state index contributed by atoms with van der Waals surface area (Å²) in [4.78, 5) is 24.4. The van der Waals surface area contributed by atoms with Crippen molar-refractivity contribution < 1.29 is 19.4 Å². The summed E-state index contributed by atoms with van der Waals surface area (Å²) >= 11 is 1.10. The molecule has 1 fully saturated rings. The molecule has 7 heteroatoms. The molecule has 0 spiro atoms. The fourth-order valence-corrected chi connectivity index (χ4v) is 2.16. The largest absolute Gasteiger partial charge is 0.395 e. The quantitative estimate of drug-likeness (QED) is 0.648. The van der Waals surface area contributed by atoms with E-state index in [1.165, 1.54) is 4.90 Å². The van der Waals surface area contributed by atoms with E-state index in [1.807, 2.05) is 0 Å². The van der Waals surface area contributed by atoms with Crippen LogP contribution in [0.25, 0.3) is 0 Å². The van der Waals surface area contributed by atoms with E-state index in [9.17, 15) is 9.59 Å². The van der Waals surface area contributed by atoms with Crippen LogP contribution in [0.3, 0.4) is 0 Å². The number of rotatable bonds is 6. The topological polar surface area (TPSA) is 78.9 Å². The Kier molecular flexibility index (Phi) is 5.58. The normalized spacial score (nSPS) is 19.6. The fourth-order valence-electron chi connectivity index (χ4n) is 1.39. The van der Waals surface area contributed by atoms with Gasteiger partial charge in [-0.05, 0) is 0 Å². The van der Waals surface area contributed by atoms with Gasteiger partial charge in [0.2, 0.25) is 5.91 Å². The van der Waals surface area contributed by atoms with E-state index in [0.29, 0.717) is 18.9 Å². The molecule has 0 bridgehead atoms. The Hall–Kier alpha value is -0.790. The fraction of sp³-hybridized carbons (Fsp3) is 0.778. The van der Waals surface area contributed by atoms with Crippen LogP contribution in [0.2, 0.25) is 0 Å². The second-order valence-corrected chi connectivity index (χ2v) is 4.33. The maximum atomic E-state index is 11.9. The van der Waals surface area contributed by atoms with Crippen molar-refractivity contribution in [2.24, 2.45) is 0 Å². The van der Waals surface area contributed by atoms with Crippen LogP contribution in [0, 0.1) is 0 Å². The number of carbonyl (C=O) groups is 2. The van der Waals surface area contributed by atoms with Gasteiger partial charge < -0.3 is 20.1 Å². The van der Waals surface area contributed by atoms with Crippen molar-refractivity contribution in [1.82, 2.24) is 10.2 Å². The van der Waals surface area contributed by atoms with Crippen LogP contribution in [-0.4, -0.2) is 66.4 Å². The lowest BCUT2D eigenvalue weighted by Gasteiger charge is -2.24. The first kappa shape index (κ1) is 13.3. The number of ether oxygens (including phenoxy) is 1. The molecule has 0 aromatic carbocycles. The minimum Gasteiger partial charge on any atom is -0.395 e. The van der Waals surface area contributed by atoms with Crippen LogP contribution in [0.1, 0.15) is 0 Å². The molecular weight excluding hydrogens is 232 g/mol. The van der Waals surface area contributed by atoms with Gasteiger partial charge in [0.1, 0.15) is 6.04 Å². The number of thioether (sulfide) groups is 1. The highest BCUT2D eigenvalue weighted by Crippen LogP contribution is 2.14. The first-order valence-electron chi connectivity index (χ1n) is 5.01. The summed E-state index contributed by atoms with van der Waals surface area (Å²) in [5.74, 6) is 0.288. The van der Waals surface area contributed by atoms with Crippen molar-refractivity contribution in [1.29, 1.82) is 0 Å². The molecule has 0 aromatic rings. The van der Waals surface area contributed by atoms with Gasteiger partial charge in [-0.3, -0.25) is 9.59 Å². The molecule has 2 N–H and O–H groups in total. The summed E-state index contributed by atoms with van der Waals surface area (Å²) in [6, 6.07) is -0.471. The van der Waals surface area contributed by atoms with Gasteiger partial charge in [0.05, 0.1) is 13.2 Å². The maximum absolute atomic E-state index is 11.9. The number of nitrogens with one attached hydrogen (secondary N) is 1. The standard InChI is InChI=1S/C9H16N2O4S/c1-15-5-3-11(2-4-12)8(13)7-6-16-9(14)10-7/h7,12H,2-6H2,1H3,(H,10,14). The summed E-state index contributed by atoms with van der Waals surface area (Å²) in [5.41, 5.74) is 0. The van der Waals surface area contributed by atoms with Crippen molar-refractivity contribution in [2.75, 3.05) is 39.2 Å².